The molecule has 1 aromatic heterocycles. The normalized spacial score (nSPS) is 15.6. The number of anilines is 1. The summed E-state index contributed by atoms with van der Waals surface area (Å²) in [6.07, 6.45) is 4.18. The van der Waals surface area contributed by atoms with Crippen LogP contribution in [0.25, 0.3) is 10.9 Å². The van der Waals surface area contributed by atoms with Crippen LogP contribution < -0.4 is 5.73 Å². The standard InChI is InChI=1S/C12H10BrClN2/c13-8-4-11-7(3-9(8)14)12(6-1-2-6)10(15)5-16-11/h3-6H,1-2,15H2. The van der Waals surface area contributed by atoms with E-state index in [-0.39, 0.29) is 0 Å². The van der Waals surface area contributed by atoms with Gasteiger partial charge in [-0.1, -0.05) is 11.6 Å². The van der Waals surface area contributed by atoms with Crippen LogP contribution in [0.5, 0.6) is 0 Å². The second kappa shape index (κ2) is 3.60. The lowest BCUT2D eigenvalue weighted by Gasteiger charge is -2.09. The highest BCUT2D eigenvalue weighted by atomic mass is 79.9. The Balaban J connectivity index is 2.37. The highest BCUT2D eigenvalue weighted by Crippen LogP contribution is 2.46. The van der Waals surface area contributed by atoms with E-state index in [2.05, 4.69) is 20.9 Å². The van der Waals surface area contributed by atoms with Crippen molar-refractivity contribution in [3.8, 4) is 0 Å². The van der Waals surface area contributed by atoms with E-state index < -0.39 is 0 Å². The summed E-state index contributed by atoms with van der Waals surface area (Å²) in [4.78, 5) is 4.34. The Bertz CT molecular complexity index is 579. The second-order valence-electron chi connectivity index (χ2n) is 4.18. The van der Waals surface area contributed by atoms with Gasteiger partial charge in [-0.15, -0.1) is 0 Å². The largest absolute Gasteiger partial charge is 0.397 e. The fourth-order valence-electron chi connectivity index (χ4n) is 2.05. The summed E-state index contributed by atoms with van der Waals surface area (Å²) in [5.74, 6) is 0.600. The van der Waals surface area contributed by atoms with Crippen molar-refractivity contribution in [2.45, 2.75) is 18.8 Å². The second-order valence-corrected chi connectivity index (χ2v) is 5.45. The average Bonchev–Trinajstić information content (AvgIpc) is 3.04. The Labute approximate surface area is 107 Å². The van der Waals surface area contributed by atoms with E-state index in [0.29, 0.717) is 10.9 Å². The molecule has 3 rings (SSSR count). The van der Waals surface area contributed by atoms with Crippen LogP contribution >= 0.6 is 27.5 Å². The van der Waals surface area contributed by atoms with Gasteiger partial charge in [-0.2, -0.15) is 0 Å². The van der Waals surface area contributed by atoms with Crippen molar-refractivity contribution < 1.29 is 0 Å². The molecule has 16 heavy (non-hydrogen) atoms. The molecule has 0 bridgehead atoms. The van der Waals surface area contributed by atoms with Crippen molar-refractivity contribution in [2.75, 3.05) is 5.73 Å². The number of nitrogens with two attached hydrogens (primary N) is 1. The highest BCUT2D eigenvalue weighted by molar-refractivity contribution is 9.10. The molecule has 1 saturated carbocycles. The third-order valence-electron chi connectivity index (χ3n) is 2.97. The molecular formula is C12H10BrClN2. The van der Waals surface area contributed by atoms with Crippen LogP contribution in [-0.2, 0) is 0 Å². The average molecular weight is 298 g/mol. The molecule has 0 saturated heterocycles. The number of benzene rings is 1. The number of nitrogen functional groups attached to an aromatic ring is 1. The van der Waals surface area contributed by atoms with Crippen LogP contribution in [-0.4, -0.2) is 4.98 Å². The van der Waals surface area contributed by atoms with Gasteiger partial charge >= 0.3 is 0 Å². The van der Waals surface area contributed by atoms with Crippen LogP contribution in [0.1, 0.15) is 24.3 Å². The Hall–Kier alpha value is -0.800. The molecule has 1 fully saturated rings. The summed E-state index contributed by atoms with van der Waals surface area (Å²) in [5.41, 5.74) is 8.96. The van der Waals surface area contributed by atoms with Gasteiger partial charge in [-0.25, -0.2) is 0 Å². The van der Waals surface area contributed by atoms with Gasteiger partial charge in [0.05, 0.1) is 22.4 Å². The van der Waals surface area contributed by atoms with Gasteiger partial charge in [0.25, 0.3) is 0 Å². The first-order chi connectivity index (χ1) is 7.66. The highest BCUT2D eigenvalue weighted by Gasteiger charge is 2.27. The molecule has 82 valence electrons. The lowest BCUT2D eigenvalue weighted by atomic mass is 10.0. The summed E-state index contributed by atoms with van der Waals surface area (Å²) in [5, 5.41) is 1.80. The van der Waals surface area contributed by atoms with Crippen LogP contribution in [0.4, 0.5) is 5.69 Å². The molecule has 0 spiro atoms. The number of rotatable bonds is 1. The number of nitrogens with zero attached hydrogens (tertiary/aromatic N) is 1. The zero-order valence-electron chi connectivity index (χ0n) is 8.50. The predicted molar refractivity (Wildman–Crippen MR) is 70.8 cm³/mol. The van der Waals surface area contributed by atoms with Gasteiger partial charge in [0.2, 0.25) is 0 Å². The summed E-state index contributed by atoms with van der Waals surface area (Å²) in [6.45, 7) is 0. The van der Waals surface area contributed by atoms with Crippen LogP contribution in [0.2, 0.25) is 5.02 Å². The van der Waals surface area contributed by atoms with Crippen LogP contribution in [0.15, 0.2) is 22.8 Å². The quantitative estimate of drug-likeness (QED) is 0.860. The molecule has 2 aromatic rings. The van der Waals surface area contributed by atoms with Crippen molar-refractivity contribution in [3.63, 3.8) is 0 Å². The molecule has 2 N–H and O–H groups in total. The third-order valence-corrected chi connectivity index (χ3v) is 4.17. The number of halogens is 2. The number of aromatic nitrogens is 1. The lowest BCUT2D eigenvalue weighted by Crippen LogP contribution is -1.96. The summed E-state index contributed by atoms with van der Waals surface area (Å²) in [6, 6.07) is 3.90. The van der Waals surface area contributed by atoms with Crippen LogP contribution in [0, 0.1) is 0 Å². The van der Waals surface area contributed by atoms with Crippen molar-refractivity contribution >= 4 is 44.1 Å². The maximum atomic E-state index is 6.12. The van der Waals surface area contributed by atoms with E-state index in [4.69, 9.17) is 17.3 Å². The molecule has 0 unspecified atom stereocenters. The summed E-state index contributed by atoms with van der Waals surface area (Å²) >= 11 is 9.53. The monoisotopic (exact) mass is 296 g/mol. The molecule has 4 heteroatoms. The lowest BCUT2D eigenvalue weighted by molar-refractivity contribution is 1.14. The zero-order valence-corrected chi connectivity index (χ0v) is 10.8. The van der Waals surface area contributed by atoms with Gasteiger partial charge < -0.3 is 5.73 Å². The van der Waals surface area contributed by atoms with E-state index in [1.54, 1.807) is 6.20 Å². The van der Waals surface area contributed by atoms with E-state index in [0.717, 1.165) is 21.1 Å². The third kappa shape index (κ3) is 1.59. The van der Waals surface area contributed by atoms with E-state index in [9.17, 15) is 0 Å². The van der Waals surface area contributed by atoms with Crippen LogP contribution in [0.3, 0.4) is 0 Å². The van der Waals surface area contributed by atoms with E-state index >= 15 is 0 Å². The van der Waals surface area contributed by atoms with Gasteiger partial charge in [0, 0.05) is 9.86 Å². The number of pyridine rings is 1. The smallest absolute Gasteiger partial charge is 0.0718 e. The Kier molecular flexibility index (Phi) is 2.33. The Morgan fingerprint density at radius 1 is 1.38 bits per heavy atom. The minimum Gasteiger partial charge on any atom is -0.397 e. The van der Waals surface area contributed by atoms with E-state index in [1.165, 1.54) is 18.4 Å². The minimum absolute atomic E-state index is 0.600. The van der Waals surface area contributed by atoms with Crippen molar-refractivity contribution in [3.05, 3.63) is 33.4 Å². The molecular weight excluding hydrogens is 288 g/mol. The number of fused-ring (bicyclic) bond motifs is 1. The maximum absolute atomic E-state index is 6.12. The predicted octanol–water partition coefficient (Wildman–Crippen LogP) is 4.11. The SMILES string of the molecule is Nc1cnc2cc(Br)c(Cl)cc2c1C1CC1. The van der Waals surface area contributed by atoms with Gasteiger partial charge in [0.15, 0.2) is 0 Å². The molecule has 0 aliphatic heterocycles. The Morgan fingerprint density at radius 2 is 2.12 bits per heavy atom. The molecule has 1 aromatic carbocycles. The van der Waals surface area contributed by atoms with Crippen molar-refractivity contribution in [1.82, 2.24) is 4.98 Å². The molecule has 2 nitrogen and oxygen atoms in total. The van der Waals surface area contributed by atoms with Gasteiger partial charge in [0.1, 0.15) is 0 Å². The molecule has 0 amide bonds. The molecule has 1 heterocycles. The fourth-order valence-corrected chi connectivity index (χ4v) is 2.55. The van der Waals surface area contributed by atoms with Crippen molar-refractivity contribution in [2.24, 2.45) is 0 Å². The molecule has 1 aliphatic rings. The van der Waals surface area contributed by atoms with E-state index in [1.807, 2.05) is 12.1 Å². The fraction of sp³-hybridized carbons (Fsp3) is 0.250. The van der Waals surface area contributed by atoms with Gasteiger partial charge in [-0.3, -0.25) is 4.98 Å². The maximum Gasteiger partial charge on any atom is 0.0718 e. The number of hydrogen-bond donors (Lipinski definition) is 1. The molecule has 0 radical (unpaired) electrons. The van der Waals surface area contributed by atoms with Crippen molar-refractivity contribution in [1.29, 1.82) is 0 Å². The number of hydrogen-bond acceptors (Lipinski definition) is 2. The molecule has 0 atom stereocenters. The first-order valence-corrected chi connectivity index (χ1v) is 6.37. The minimum atomic E-state index is 0.600. The topological polar surface area (TPSA) is 38.9 Å². The van der Waals surface area contributed by atoms with Gasteiger partial charge in [-0.05, 0) is 52.4 Å². The zero-order chi connectivity index (χ0) is 11.3. The Morgan fingerprint density at radius 3 is 2.81 bits per heavy atom. The first-order valence-electron chi connectivity index (χ1n) is 5.20. The summed E-state index contributed by atoms with van der Waals surface area (Å²) in [7, 11) is 0. The summed E-state index contributed by atoms with van der Waals surface area (Å²) < 4.78 is 0.876. The molecule has 1 aliphatic carbocycles. The first kappa shape index (κ1) is 10.4.